The summed E-state index contributed by atoms with van der Waals surface area (Å²) in [4.78, 5) is 0. The van der Waals surface area contributed by atoms with Crippen molar-refractivity contribution in [3.05, 3.63) is 0 Å². The predicted octanol–water partition coefficient (Wildman–Crippen LogP) is 0.103. The summed E-state index contributed by atoms with van der Waals surface area (Å²) in [6.07, 6.45) is 0. The summed E-state index contributed by atoms with van der Waals surface area (Å²) >= 11 is 0.336. The van der Waals surface area contributed by atoms with Crippen molar-refractivity contribution in [3.63, 3.8) is 0 Å². The quantitative estimate of drug-likeness (QED) is 0.414. The summed E-state index contributed by atoms with van der Waals surface area (Å²) < 4.78 is 31.5. The van der Waals surface area contributed by atoms with Crippen molar-refractivity contribution in [2.45, 2.75) is 5.63 Å². The third-order valence-corrected chi connectivity index (χ3v) is 1.47. The third kappa shape index (κ3) is 4.95. The molecule has 0 aromatic heterocycles. The van der Waals surface area contributed by atoms with E-state index in [-0.39, 0.29) is 0 Å². The van der Waals surface area contributed by atoms with Crippen LogP contribution in [0.15, 0.2) is 0 Å². The van der Waals surface area contributed by atoms with Crippen LogP contribution in [-0.2, 0) is 11.1 Å². The monoisotopic (exact) mass is 218 g/mol. The number of nitrogens with one attached hydrogen (secondary N) is 1. The van der Waals surface area contributed by atoms with Gasteiger partial charge in [-0.05, 0) is 11.1 Å². The number of hydrogen-bond acceptors (Lipinski definition) is 3. The Hall–Kier alpha value is 0.480. The average Bonchev–Trinajstić information content (AvgIpc) is 1.82. The lowest BCUT2D eigenvalue weighted by Gasteiger charge is -2.10. The van der Waals surface area contributed by atoms with Crippen LogP contribution < -0.4 is 5.32 Å². The van der Waals surface area contributed by atoms with Crippen LogP contribution in [0.3, 0.4) is 0 Å². The van der Waals surface area contributed by atoms with Gasteiger partial charge in [0.1, 0.15) is 0 Å². The number of halogens is 2. The van der Waals surface area contributed by atoms with E-state index >= 15 is 0 Å². The zero-order chi connectivity index (χ0) is 7.28. The molecule has 0 aromatic rings. The molecule has 0 heterocycles. The molecule has 0 aromatic carbocycles. The fourth-order valence-corrected chi connectivity index (χ4v) is 0.719. The van der Waals surface area contributed by atoms with Gasteiger partial charge in [-0.15, -0.1) is 0 Å². The molecular weight excluding hydrogens is 213 g/mol. The Bertz CT molecular complexity index is 104. The highest BCUT2D eigenvalue weighted by molar-refractivity contribution is 9.09. The maximum absolute atomic E-state index is 12.0. The lowest BCUT2D eigenvalue weighted by molar-refractivity contribution is 0.354. The SMILES string of the molecule is O=S([O-])C(F)NCCBr. The van der Waals surface area contributed by atoms with Gasteiger partial charge < -0.3 is 4.55 Å². The number of alkyl halides is 2. The molecule has 0 fully saturated rings. The van der Waals surface area contributed by atoms with Crippen LogP contribution in [0.5, 0.6) is 0 Å². The van der Waals surface area contributed by atoms with Gasteiger partial charge >= 0.3 is 0 Å². The Morgan fingerprint density at radius 3 is 2.78 bits per heavy atom. The molecule has 0 radical (unpaired) electrons. The van der Waals surface area contributed by atoms with E-state index in [9.17, 15) is 13.2 Å². The van der Waals surface area contributed by atoms with Crippen LogP contribution in [-0.4, -0.2) is 26.3 Å². The first kappa shape index (κ1) is 9.48. The van der Waals surface area contributed by atoms with E-state index in [2.05, 4.69) is 21.2 Å². The third-order valence-electron chi connectivity index (χ3n) is 0.568. The maximum Gasteiger partial charge on any atom is 0.213 e. The normalized spacial score (nSPS) is 17.2. The van der Waals surface area contributed by atoms with Gasteiger partial charge in [0, 0.05) is 11.9 Å². The van der Waals surface area contributed by atoms with E-state index in [1.807, 2.05) is 0 Å². The van der Waals surface area contributed by atoms with Crippen LogP contribution in [0.1, 0.15) is 0 Å². The van der Waals surface area contributed by atoms with E-state index in [4.69, 9.17) is 0 Å². The van der Waals surface area contributed by atoms with Crippen molar-refractivity contribution in [3.8, 4) is 0 Å². The molecule has 0 aliphatic rings. The summed E-state index contributed by atoms with van der Waals surface area (Å²) in [6.45, 7) is 0.301. The highest BCUT2D eigenvalue weighted by atomic mass is 79.9. The molecule has 2 unspecified atom stereocenters. The first-order valence-electron chi connectivity index (χ1n) is 2.20. The minimum atomic E-state index is -2.66. The molecule has 0 aliphatic heterocycles. The van der Waals surface area contributed by atoms with Crippen molar-refractivity contribution in [1.29, 1.82) is 0 Å². The van der Waals surface area contributed by atoms with Crippen molar-refractivity contribution in [2.24, 2.45) is 0 Å². The second-order valence-electron chi connectivity index (χ2n) is 1.22. The van der Waals surface area contributed by atoms with Gasteiger partial charge in [-0.25, -0.2) is 4.39 Å². The summed E-state index contributed by atoms with van der Waals surface area (Å²) in [6, 6.07) is 0. The molecule has 1 N–H and O–H groups in total. The topological polar surface area (TPSA) is 52.2 Å². The Balaban J connectivity index is 3.27. The molecule has 2 atom stereocenters. The van der Waals surface area contributed by atoms with Gasteiger partial charge in [-0.2, -0.15) is 0 Å². The fraction of sp³-hybridized carbons (Fsp3) is 1.00. The zero-order valence-electron chi connectivity index (χ0n) is 4.47. The Morgan fingerprint density at radius 2 is 2.44 bits per heavy atom. The number of hydrogen-bond donors (Lipinski definition) is 1. The molecule has 0 saturated carbocycles. The van der Waals surface area contributed by atoms with Crippen LogP contribution in [0, 0.1) is 0 Å². The zero-order valence-corrected chi connectivity index (χ0v) is 6.87. The molecular formula is C3H6BrFNO2S-. The summed E-state index contributed by atoms with van der Waals surface area (Å²) in [5, 5.41) is 2.64. The van der Waals surface area contributed by atoms with Crippen LogP contribution >= 0.6 is 15.9 Å². The molecule has 0 saturated heterocycles. The summed E-state index contributed by atoms with van der Waals surface area (Å²) in [7, 11) is 0. The van der Waals surface area contributed by atoms with Gasteiger partial charge in [-0.1, -0.05) is 15.9 Å². The minimum Gasteiger partial charge on any atom is -0.769 e. The molecule has 0 aliphatic carbocycles. The van der Waals surface area contributed by atoms with Gasteiger partial charge in [-0.3, -0.25) is 9.53 Å². The van der Waals surface area contributed by atoms with Crippen LogP contribution in [0.25, 0.3) is 0 Å². The fourth-order valence-electron chi connectivity index (χ4n) is 0.236. The average molecular weight is 219 g/mol. The smallest absolute Gasteiger partial charge is 0.213 e. The van der Waals surface area contributed by atoms with Crippen molar-refractivity contribution in [1.82, 2.24) is 5.32 Å². The van der Waals surface area contributed by atoms with Crippen molar-refractivity contribution >= 4 is 27.0 Å². The van der Waals surface area contributed by atoms with Crippen molar-refractivity contribution < 1.29 is 13.2 Å². The summed E-state index contributed by atoms with van der Waals surface area (Å²) in [5.41, 5.74) is -1.94. The molecule has 56 valence electrons. The van der Waals surface area contributed by atoms with E-state index in [1.165, 1.54) is 0 Å². The van der Waals surface area contributed by atoms with Gasteiger partial charge in [0.15, 0.2) is 0 Å². The second-order valence-corrected chi connectivity index (χ2v) is 2.95. The first-order valence-corrected chi connectivity index (χ1v) is 4.46. The second kappa shape index (κ2) is 5.28. The molecule has 0 spiro atoms. The highest BCUT2D eigenvalue weighted by Gasteiger charge is 2.01. The van der Waals surface area contributed by atoms with E-state index < -0.39 is 16.7 Å². The minimum absolute atomic E-state index is 0.301. The van der Waals surface area contributed by atoms with Crippen LogP contribution in [0.4, 0.5) is 4.39 Å². The van der Waals surface area contributed by atoms with E-state index in [1.54, 1.807) is 0 Å². The van der Waals surface area contributed by atoms with Crippen molar-refractivity contribution in [2.75, 3.05) is 11.9 Å². The van der Waals surface area contributed by atoms with Gasteiger partial charge in [0.2, 0.25) is 5.63 Å². The predicted molar refractivity (Wildman–Crippen MR) is 35.6 cm³/mol. The summed E-state index contributed by atoms with van der Waals surface area (Å²) in [5.74, 6) is 0. The first-order chi connectivity index (χ1) is 4.18. The standard InChI is InChI=1S/C3H7BrFNO2S/c4-1-2-6-3(5)9(7)8/h3,6H,1-2H2,(H,7,8)/p-1. The highest BCUT2D eigenvalue weighted by Crippen LogP contribution is 1.89. The maximum atomic E-state index is 12.0. The van der Waals surface area contributed by atoms with Crippen LogP contribution in [0.2, 0.25) is 0 Å². The lowest BCUT2D eigenvalue weighted by atomic mass is 10.8. The Labute approximate surface area is 63.4 Å². The van der Waals surface area contributed by atoms with Gasteiger partial charge in [0.25, 0.3) is 0 Å². The molecule has 3 nitrogen and oxygen atoms in total. The van der Waals surface area contributed by atoms with E-state index in [0.29, 0.717) is 11.9 Å². The number of rotatable bonds is 4. The van der Waals surface area contributed by atoms with Gasteiger partial charge in [0.05, 0.1) is 0 Å². The Kier molecular flexibility index (Phi) is 5.56. The molecule has 6 heteroatoms. The van der Waals surface area contributed by atoms with E-state index in [0.717, 1.165) is 0 Å². The largest absolute Gasteiger partial charge is 0.769 e. The molecule has 0 bridgehead atoms. The molecule has 0 rings (SSSR count). The molecule has 0 amide bonds. The Morgan fingerprint density at radius 1 is 1.89 bits per heavy atom. The lowest BCUT2D eigenvalue weighted by Crippen LogP contribution is -2.30. The molecule has 9 heavy (non-hydrogen) atoms.